The molecule has 0 saturated heterocycles. The van der Waals surface area contributed by atoms with Crippen LogP contribution in [0.3, 0.4) is 0 Å². The summed E-state index contributed by atoms with van der Waals surface area (Å²) >= 11 is 12.0. The van der Waals surface area contributed by atoms with Crippen LogP contribution in [0.4, 0.5) is 5.69 Å². The molecule has 3 rings (SSSR count). The zero-order valence-electron chi connectivity index (χ0n) is 16.5. The molecular formula is C22H20Cl2N2O4S. The summed E-state index contributed by atoms with van der Waals surface area (Å²) in [4.78, 5) is 12.8. The van der Waals surface area contributed by atoms with E-state index in [4.69, 9.17) is 27.9 Å². The molecule has 1 amide bonds. The van der Waals surface area contributed by atoms with Crippen molar-refractivity contribution in [1.29, 1.82) is 0 Å². The third kappa shape index (κ3) is 6.21. The molecule has 0 spiro atoms. The van der Waals surface area contributed by atoms with Gasteiger partial charge in [-0.15, -0.1) is 0 Å². The van der Waals surface area contributed by atoms with Gasteiger partial charge >= 0.3 is 0 Å². The predicted molar refractivity (Wildman–Crippen MR) is 122 cm³/mol. The molecule has 0 aromatic heterocycles. The number of halogens is 2. The van der Waals surface area contributed by atoms with Crippen molar-refractivity contribution >= 4 is 44.8 Å². The molecule has 3 aromatic rings. The molecule has 2 N–H and O–H groups in total. The predicted octanol–water partition coefficient (Wildman–Crippen LogP) is 4.53. The first-order valence-electron chi connectivity index (χ1n) is 9.25. The quantitative estimate of drug-likeness (QED) is 0.497. The van der Waals surface area contributed by atoms with E-state index < -0.39 is 22.0 Å². The van der Waals surface area contributed by atoms with Crippen molar-refractivity contribution in [2.45, 2.75) is 17.4 Å². The Labute approximate surface area is 191 Å². The first-order chi connectivity index (χ1) is 14.8. The van der Waals surface area contributed by atoms with E-state index in [1.807, 2.05) is 30.3 Å². The van der Waals surface area contributed by atoms with Crippen molar-refractivity contribution in [2.75, 3.05) is 12.4 Å². The first kappa shape index (κ1) is 23.1. The molecule has 0 unspecified atom stereocenters. The Morgan fingerprint density at radius 1 is 1.00 bits per heavy atom. The molecule has 0 saturated carbocycles. The van der Waals surface area contributed by atoms with Crippen LogP contribution in [0.15, 0.2) is 77.7 Å². The highest BCUT2D eigenvalue weighted by molar-refractivity contribution is 7.89. The fourth-order valence-corrected chi connectivity index (χ4v) is 4.83. The zero-order chi connectivity index (χ0) is 22.4. The van der Waals surface area contributed by atoms with E-state index in [1.54, 1.807) is 31.4 Å². The highest BCUT2D eigenvalue weighted by Crippen LogP contribution is 2.25. The SMILES string of the molecule is COc1ccc(NC(=O)[C@H](Cc2ccccc2)NS(=O)(=O)c2cc(Cl)ccc2Cl)cc1. The molecule has 0 aliphatic rings. The van der Waals surface area contributed by atoms with E-state index in [1.165, 1.54) is 18.2 Å². The summed E-state index contributed by atoms with van der Waals surface area (Å²) < 4.78 is 33.6. The summed E-state index contributed by atoms with van der Waals surface area (Å²) in [5.74, 6) is 0.117. The molecule has 1 atom stereocenters. The third-order valence-electron chi connectivity index (χ3n) is 4.44. The second kappa shape index (κ2) is 10.2. The van der Waals surface area contributed by atoms with Gasteiger partial charge in [-0.05, 0) is 54.4 Å². The zero-order valence-corrected chi connectivity index (χ0v) is 18.8. The summed E-state index contributed by atoms with van der Waals surface area (Å²) in [7, 11) is -2.59. The molecule has 3 aromatic carbocycles. The third-order valence-corrected chi connectivity index (χ3v) is 6.63. The van der Waals surface area contributed by atoms with Gasteiger partial charge in [-0.3, -0.25) is 4.79 Å². The van der Waals surface area contributed by atoms with Crippen LogP contribution in [0.1, 0.15) is 5.56 Å². The highest BCUT2D eigenvalue weighted by Gasteiger charge is 2.28. The van der Waals surface area contributed by atoms with Crippen molar-refractivity contribution in [3.8, 4) is 5.75 Å². The Bertz CT molecular complexity index is 1150. The Morgan fingerprint density at radius 3 is 2.32 bits per heavy atom. The summed E-state index contributed by atoms with van der Waals surface area (Å²) in [5.41, 5.74) is 1.29. The van der Waals surface area contributed by atoms with Gasteiger partial charge in [-0.25, -0.2) is 8.42 Å². The van der Waals surface area contributed by atoms with Crippen molar-refractivity contribution in [3.63, 3.8) is 0 Å². The second-order valence-corrected chi connectivity index (χ2v) is 9.18. The van der Waals surface area contributed by atoms with Gasteiger partial charge in [0.15, 0.2) is 0 Å². The minimum atomic E-state index is -4.13. The van der Waals surface area contributed by atoms with Gasteiger partial charge in [0.2, 0.25) is 15.9 Å². The van der Waals surface area contributed by atoms with Crippen LogP contribution in [-0.2, 0) is 21.2 Å². The van der Waals surface area contributed by atoms with E-state index >= 15 is 0 Å². The van der Waals surface area contributed by atoms with Gasteiger partial charge < -0.3 is 10.1 Å². The number of sulfonamides is 1. The summed E-state index contributed by atoms with van der Waals surface area (Å²) in [6.07, 6.45) is 0.139. The first-order valence-corrected chi connectivity index (χ1v) is 11.5. The van der Waals surface area contributed by atoms with E-state index in [0.717, 1.165) is 5.56 Å². The molecule has 31 heavy (non-hydrogen) atoms. The number of anilines is 1. The maximum absolute atomic E-state index is 13.0. The Balaban J connectivity index is 1.88. The number of hydrogen-bond donors (Lipinski definition) is 2. The molecule has 0 radical (unpaired) electrons. The Morgan fingerprint density at radius 2 is 1.68 bits per heavy atom. The number of benzene rings is 3. The van der Waals surface area contributed by atoms with Crippen LogP contribution >= 0.6 is 23.2 Å². The standard InChI is InChI=1S/C22H20Cl2N2O4S/c1-30-18-10-8-17(9-11-18)25-22(27)20(13-15-5-3-2-4-6-15)26-31(28,29)21-14-16(23)7-12-19(21)24/h2-12,14,20,26H,13H2,1H3,(H,25,27)/t20-/m0/s1. The summed E-state index contributed by atoms with van der Waals surface area (Å²) in [6.45, 7) is 0. The van der Waals surface area contributed by atoms with E-state index in [9.17, 15) is 13.2 Å². The van der Waals surface area contributed by atoms with Crippen molar-refractivity contribution < 1.29 is 17.9 Å². The molecule has 9 heteroatoms. The maximum atomic E-state index is 13.0. The molecular weight excluding hydrogens is 459 g/mol. The molecule has 0 aliphatic heterocycles. The lowest BCUT2D eigenvalue weighted by atomic mass is 10.1. The fraction of sp³-hybridized carbons (Fsp3) is 0.136. The van der Waals surface area contributed by atoms with Crippen LogP contribution in [0.5, 0.6) is 5.75 Å². The molecule has 0 heterocycles. The maximum Gasteiger partial charge on any atom is 0.242 e. The van der Waals surface area contributed by atoms with Crippen molar-refractivity contribution in [3.05, 3.63) is 88.4 Å². The summed E-state index contributed by atoms with van der Waals surface area (Å²) in [5, 5.41) is 2.95. The molecule has 162 valence electrons. The topological polar surface area (TPSA) is 84.5 Å². The van der Waals surface area contributed by atoms with Gasteiger partial charge in [0.25, 0.3) is 0 Å². The number of carbonyl (C=O) groups excluding carboxylic acids is 1. The molecule has 0 fully saturated rings. The largest absolute Gasteiger partial charge is 0.497 e. The normalized spacial score (nSPS) is 12.2. The smallest absolute Gasteiger partial charge is 0.242 e. The summed E-state index contributed by atoms with van der Waals surface area (Å²) in [6, 6.07) is 18.8. The van der Waals surface area contributed by atoms with Gasteiger partial charge in [0.05, 0.1) is 12.1 Å². The monoisotopic (exact) mass is 478 g/mol. The number of amides is 1. The Kier molecular flexibility index (Phi) is 7.56. The van der Waals surface area contributed by atoms with E-state index in [-0.39, 0.29) is 21.4 Å². The average Bonchev–Trinajstić information content (AvgIpc) is 2.76. The number of nitrogens with one attached hydrogen (secondary N) is 2. The van der Waals surface area contributed by atoms with Gasteiger partial charge in [0.1, 0.15) is 16.7 Å². The van der Waals surface area contributed by atoms with Crippen LogP contribution in [0, 0.1) is 0 Å². The minimum absolute atomic E-state index is 0.00548. The van der Waals surface area contributed by atoms with Crippen molar-refractivity contribution in [2.24, 2.45) is 0 Å². The van der Waals surface area contributed by atoms with Gasteiger partial charge in [0, 0.05) is 10.7 Å². The Hall–Kier alpha value is -2.58. The van der Waals surface area contributed by atoms with E-state index in [0.29, 0.717) is 11.4 Å². The van der Waals surface area contributed by atoms with Crippen LogP contribution in [0.2, 0.25) is 10.0 Å². The van der Waals surface area contributed by atoms with E-state index in [2.05, 4.69) is 10.0 Å². The number of carbonyl (C=O) groups is 1. The van der Waals surface area contributed by atoms with Crippen LogP contribution < -0.4 is 14.8 Å². The van der Waals surface area contributed by atoms with Crippen molar-refractivity contribution in [1.82, 2.24) is 4.72 Å². The highest BCUT2D eigenvalue weighted by atomic mass is 35.5. The molecule has 0 bridgehead atoms. The lowest BCUT2D eigenvalue weighted by Crippen LogP contribution is -2.45. The number of ether oxygens (including phenoxy) is 1. The molecule has 0 aliphatic carbocycles. The van der Waals surface area contributed by atoms with Gasteiger partial charge in [-0.2, -0.15) is 4.72 Å². The lowest BCUT2D eigenvalue weighted by molar-refractivity contribution is -0.117. The fourth-order valence-electron chi connectivity index (χ4n) is 2.88. The van der Waals surface area contributed by atoms with Crippen LogP contribution in [0.25, 0.3) is 0 Å². The number of hydrogen-bond acceptors (Lipinski definition) is 4. The number of rotatable bonds is 8. The lowest BCUT2D eigenvalue weighted by Gasteiger charge is -2.19. The van der Waals surface area contributed by atoms with Gasteiger partial charge in [-0.1, -0.05) is 53.5 Å². The molecule has 6 nitrogen and oxygen atoms in total. The minimum Gasteiger partial charge on any atom is -0.497 e. The average molecular weight is 479 g/mol. The number of methoxy groups -OCH3 is 1. The second-order valence-electron chi connectivity index (χ2n) is 6.66. The van der Waals surface area contributed by atoms with Crippen LogP contribution in [-0.4, -0.2) is 27.5 Å².